The van der Waals surface area contributed by atoms with E-state index in [1.807, 2.05) is 134 Å². The molecule has 0 radical (unpaired) electrons. The molecule has 1 fully saturated rings. The number of hydrogen-bond acceptors (Lipinski definition) is 14. The van der Waals surface area contributed by atoms with Gasteiger partial charge in [0.1, 0.15) is 19.0 Å². The van der Waals surface area contributed by atoms with E-state index in [2.05, 4.69) is 16.0 Å². The first kappa shape index (κ1) is 78.0. The number of anilines is 1. The first-order chi connectivity index (χ1) is 46.1. The van der Waals surface area contributed by atoms with Gasteiger partial charge in [0.15, 0.2) is 11.6 Å². The molecule has 0 bridgehead atoms. The monoisotopic (exact) mass is 1340 g/mol. The Morgan fingerprint density at radius 2 is 1.30 bits per heavy atom. The quantitative estimate of drug-likeness (QED) is 0.0263. The molecule has 1 heterocycles. The predicted octanol–water partition coefficient (Wildman–Crippen LogP) is 11.3. The summed E-state index contributed by atoms with van der Waals surface area (Å²) in [6.45, 7) is 19.2. The van der Waals surface area contributed by atoms with Crippen LogP contribution in [0.3, 0.4) is 0 Å². The van der Waals surface area contributed by atoms with Crippen molar-refractivity contribution in [3.63, 3.8) is 0 Å². The van der Waals surface area contributed by atoms with E-state index < -0.39 is 78.3 Å². The number of benzene rings is 4. The second-order valence-electron chi connectivity index (χ2n) is 27.6. The van der Waals surface area contributed by atoms with Crippen LogP contribution in [-0.4, -0.2) is 157 Å². The summed E-state index contributed by atoms with van der Waals surface area (Å²) in [5.74, 6) is -5.65. The maximum absolute atomic E-state index is 14.9. The number of alkyl carbamates (subject to hydrolysis) is 1. The standard InChI is InChI=1S/C76H107N7O14/c1-15-48(8)69(65(94-13)42-66(87)83-38-24-32-61(83)71(95-14)50(10)62(84)39-49(9)70(88)52-25-17-16-18-26-52)81(11)73(90)59(45(2)3)41-64(86)68(47(6)7)82(12)76(93)97-43-51-33-35-54(36-34-51)79-72(89)53(27-23-37-78-74(77)91)40-63(85)67(46(4)5)80-75(92)96-44-60-57-30-21-19-28-55(57)56-29-20-22-31-58(56)60/h16-22,25-26,28-31,33-36,45-50,53,59-61,65,67-71,88H,15,23-24,27,32,37-44H2,1-14H3,(H,79,89)(H,80,92)(H3,77,78,91)/t48-,49-,50-,53+,59-,61-,65+,67-,68-,69-,70+,71+/m0/s1. The number of carbonyl (C=O) groups is 9. The van der Waals surface area contributed by atoms with Crippen molar-refractivity contribution in [1.29, 1.82) is 0 Å². The molecule has 21 nitrogen and oxygen atoms in total. The van der Waals surface area contributed by atoms with Crippen molar-refractivity contribution in [2.45, 2.75) is 182 Å². The van der Waals surface area contributed by atoms with Crippen LogP contribution < -0.4 is 21.7 Å². The zero-order valence-electron chi connectivity index (χ0n) is 59.4. The minimum absolute atomic E-state index is 0.0499. The van der Waals surface area contributed by atoms with Crippen LogP contribution in [0.4, 0.5) is 20.1 Å². The summed E-state index contributed by atoms with van der Waals surface area (Å²) in [6, 6.07) is 28.2. The normalized spacial score (nSPS) is 17.1. The van der Waals surface area contributed by atoms with Crippen LogP contribution in [0.15, 0.2) is 103 Å². The molecule has 0 aromatic heterocycles. The molecule has 530 valence electrons. The molecule has 0 spiro atoms. The molecule has 6 N–H and O–H groups in total. The van der Waals surface area contributed by atoms with Crippen molar-refractivity contribution < 1.29 is 67.2 Å². The van der Waals surface area contributed by atoms with E-state index in [9.17, 15) is 48.3 Å². The van der Waals surface area contributed by atoms with E-state index >= 15 is 0 Å². The van der Waals surface area contributed by atoms with Gasteiger partial charge in [0, 0.05) is 90.0 Å². The van der Waals surface area contributed by atoms with E-state index in [0.717, 1.165) is 27.8 Å². The minimum Gasteiger partial charge on any atom is -0.449 e. The molecular weight excluding hydrogens is 1230 g/mol. The van der Waals surface area contributed by atoms with Gasteiger partial charge >= 0.3 is 18.2 Å². The number of hydrogen-bond donors (Lipinski definition) is 5. The Labute approximate surface area is 574 Å². The summed E-state index contributed by atoms with van der Waals surface area (Å²) in [6.07, 6.45) is -1.47. The van der Waals surface area contributed by atoms with E-state index in [1.165, 1.54) is 19.1 Å². The summed E-state index contributed by atoms with van der Waals surface area (Å²) in [5.41, 5.74) is 11.2. The summed E-state index contributed by atoms with van der Waals surface area (Å²) in [7, 11) is 6.26. The number of rotatable bonds is 37. The molecule has 97 heavy (non-hydrogen) atoms. The third-order valence-corrected chi connectivity index (χ3v) is 19.8. The minimum atomic E-state index is -0.974. The number of likely N-dealkylation sites (tertiary alicyclic amines) is 1. The summed E-state index contributed by atoms with van der Waals surface area (Å²) in [5, 5.41) is 19.2. The van der Waals surface area contributed by atoms with Crippen molar-refractivity contribution in [2.24, 2.45) is 53.1 Å². The number of nitrogens with zero attached hydrogens (tertiary/aromatic N) is 3. The molecule has 4 aromatic rings. The largest absolute Gasteiger partial charge is 0.449 e. The van der Waals surface area contributed by atoms with Crippen molar-refractivity contribution in [2.75, 3.05) is 53.3 Å². The fourth-order valence-electron chi connectivity index (χ4n) is 14.1. The lowest BCUT2D eigenvalue weighted by molar-refractivity contribution is -0.149. The zero-order chi connectivity index (χ0) is 71.4. The molecule has 1 saturated heterocycles. The van der Waals surface area contributed by atoms with Crippen molar-refractivity contribution >= 4 is 59.0 Å². The van der Waals surface area contributed by atoms with Crippen LogP contribution in [0.2, 0.25) is 0 Å². The van der Waals surface area contributed by atoms with E-state index in [0.29, 0.717) is 43.5 Å². The lowest BCUT2D eigenvalue weighted by Gasteiger charge is -2.41. The number of amides is 7. The van der Waals surface area contributed by atoms with Gasteiger partial charge < -0.3 is 60.4 Å². The van der Waals surface area contributed by atoms with E-state index in [1.54, 1.807) is 62.1 Å². The maximum atomic E-state index is 14.9. The van der Waals surface area contributed by atoms with Gasteiger partial charge in [-0.15, -0.1) is 0 Å². The molecule has 4 aromatic carbocycles. The third-order valence-electron chi connectivity index (χ3n) is 19.8. The van der Waals surface area contributed by atoms with Crippen LogP contribution in [0, 0.1) is 47.3 Å². The van der Waals surface area contributed by atoms with Crippen LogP contribution in [-0.2, 0) is 54.3 Å². The Bertz CT molecular complexity index is 3240. The van der Waals surface area contributed by atoms with E-state index in [4.69, 9.17) is 24.7 Å². The number of urea groups is 1. The highest BCUT2D eigenvalue weighted by Crippen LogP contribution is 2.45. The Morgan fingerprint density at radius 1 is 0.680 bits per heavy atom. The van der Waals surface area contributed by atoms with Crippen LogP contribution in [0.25, 0.3) is 11.1 Å². The SMILES string of the molecule is CC[C@H](C)[C@@H]([C@@H](CC(=O)N1CCC[C@H]1[C@H](OC)[C@@H](C)C(=O)C[C@H](C)[C@@H](O)c1ccccc1)OC)N(C)C(=O)[C@@H](CC(=O)[C@H](C(C)C)N(C)C(=O)OCc1ccc(NC(=O)[C@H](CCCNC(N)=O)CC(=O)[C@@H](NC(=O)OCC2c3ccccc3-c3ccccc32)C(C)C)cc1)C(C)C. The van der Waals surface area contributed by atoms with Gasteiger partial charge in [-0.2, -0.15) is 0 Å². The molecule has 2 aliphatic rings. The van der Waals surface area contributed by atoms with Gasteiger partial charge in [-0.25, -0.2) is 14.4 Å². The maximum Gasteiger partial charge on any atom is 0.410 e. The van der Waals surface area contributed by atoms with Crippen molar-refractivity contribution in [1.82, 2.24) is 25.3 Å². The molecule has 12 atom stereocenters. The summed E-state index contributed by atoms with van der Waals surface area (Å²) >= 11 is 0. The van der Waals surface area contributed by atoms with Crippen LogP contribution in [0.5, 0.6) is 0 Å². The number of Topliss-reactive ketones (excluding diaryl/α,β-unsaturated/α-hetero) is 3. The lowest BCUT2D eigenvalue weighted by atomic mass is 9.83. The smallest absolute Gasteiger partial charge is 0.410 e. The molecule has 7 amide bonds. The number of methoxy groups -OCH3 is 2. The second kappa shape index (κ2) is 37.1. The number of aliphatic hydroxyl groups excluding tert-OH is 1. The number of nitrogens with two attached hydrogens (primary N) is 1. The van der Waals surface area contributed by atoms with Gasteiger partial charge in [0.25, 0.3) is 0 Å². The first-order valence-electron chi connectivity index (χ1n) is 34.5. The molecule has 0 saturated carbocycles. The summed E-state index contributed by atoms with van der Waals surface area (Å²) in [4.78, 5) is 129. The average molecular weight is 1340 g/mol. The van der Waals surface area contributed by atoms with Crippen LogP contribution in [0.1, 0.15) is 161 Å². The number of aliphatic hydroxyl groups is 1. The van der Waals surface area contributed by atoms with Crippen LogP contribution >= 0.6 is 0 Å². The number of fused-ring (bicyclic) bond motifs is 3. The highest BCUT2D eigenvalue weighted by molar-refractivity contribution is 5.97. The van der Waals surface area contributed by atoms with Gasteiger partial charge in [0.05, 0.1) is 48.9 Å². The predicted molar refractivity (Wildman–Crippen MR) is 373 cm³/mol. The van der Waals surface area contributed by atoms with E-state index in [-0.39, 0.29) is 123 Å². The Balaban J connectivity index is 1.04. The summed E-state index contributed by atoms with van der Waals surface area (Å²) < 4.78 is 23.7. The Morgan fingerprint density at radius 3 is 1.87 bits per heavy atom. The lowest BCUT2D eigenvalue weighted by Crippen LogP contribution is -2.54. The van der Waals surface area contributed by atoms with Gasteiger partial charge in [0.2, 0.25) is 17.7 Å². The highest BCUT2D eigenvalue weighted by Gasteiger charge is 2.44. The number of ether oxygens (including phenoxy) is 4. The molecule has 6 rings (SSSR count). The number of ketones is 3. The topological polar surface area (TPSA) is 283 Å². The molecule has 21 heteroatoms. The second-order valence-corrected chi connectivity index (χ2v) is 27.6. The van der Waals surface area contributed by atoms with Gasteiger partial charge in [-0.3, -0.25) is 28.8 Å². The number of carbonyl (C=O) groups excluding carboxylic acids is 9. The molecule has 1 aliphatic carbocycles. The third kappa shape index (κ3) is 20.8. The Hall–Kier alpha value is -8.01. The fourth-order valence-corrected chi connectivity index (χ4v) is 14.1. The molecular formula is C76H107N7O14. The zero-order valence-corrected chi connectivity index (χ0v) is 59.4. The Kier molecular flexibility index (Phi) is 29.8. The molecule has 0 unspecified atom stereocenters. The average Bonchev–Trinajstić information content (AvgIpc) is 1.62. The van der Waals surface area contributed by atoms with Gasteiger partial charge in [-0.1, -0.05) is 167 Å². The van der Waals surface area contributed by atoms with Crippen molar-refractivity contribution in [3.8, 4) is 11.1 Å². The van der Waals surface area contributed by atoms with Gasteiger partial charge in [-0.05, 0) is 101 Å². The fraction of sp³-hybridized carbons (Fsp3) is 0.566. The highest BCUT2D eigenvalue weighted by atomic mass is 16.6. The first-order valence-corrected chi connectivity index (χ1v) is 34.5. The number of nitrogens with one attached hydrogen (secondary N) is 3. The number of likely N-dealkylation sites (N-methyl/N-ethyl adjacent to an activating group) is 2. The number of primary amides is 1. The van der Waals surface area contributed by atoms with Crippen molar-refractivity contribution in [3.05, 3.63) is 125 Å². The molecule has 1 aliphatic heterocycles.